The Bertz CT molecular complexity index is 2550. The summed E-state index contributed by atoms with van der Waals surface area (Å²) in [5.74, 6) is 3.57. The summed E-state index contributed by atoms with van der Waals surface area (Å²) in [6.07, 6.45) is 2.88. The van der Waals surface area contributed by atoms with Crippen molar-refractivity contribution in [3.63, 3.8) is 0 Å². The van der Waals surface area contributed by atoms with Crippen molar-refractivity contribution < 1.29 is 18.9 Å². The van der Waals surface area contributed by atoms with Crippen molar-refractivity contribution in [2.24, 2.45) is 0 Å². The van der Waals surface area contributed by atoms with E-state index < -0.39 is 0 Å². The van der Waals surface area contributed by atoms with Gasteiger partial charge in [0.15, 0.2) is 0 Å². The summed E-state index contributed by atoms with van der Waals surface area (Å²) in [5.41, 5.74) is 15.1. The Balaban J connectivity index is 0.00000137. The predicted molar refractivity (Wildman–Crippen MR) is 298 cm³/mol. The van der Waals surface area contributed by atoms with E-state index in [0.29, 0.717) is 12.8 Å². The molecule has 0 saturated heterocycles. The summed E-state index contributed by atoms with van der Waals surface area (Å²) in [7, 11) is 7.36. The van der Waals surface area contributed by atoms with E-state index in [9.17, 15) is 0 Å². The Morgan fingerprint density at radius 2 is 0.690 bits per heavy atom. The quantitative estimate of drug-likeness (QED) is 0.160. The van der Waals surface area contributed by atoms with Crippen LogP contribution in [0.5, 0.6) is 23.0 Å². The van der Waals surface area contributed by atoms with Crippen molar-refractivity contribution in [2.75, 3.05) is 28.4 Å². The summed E-state index contributed by atoms with van der Waals surface area (Å²) >= 11 is 3.71. The summed E-state index contributed by atoms with van der Waals surface area (Å²) in [4.78, 5) is 0. The number of hydrogen-bond acceptors (Lipinski definition) is 7. The Morgan fingerprint density at radius 3 is 0.901 bits per heavy atom. The maximum absolute atomic E-state index is 7.32. The van der Waals surface area contributed by atoms with Crippen molar-refractivity contribution in [3.05, 3.63) is 150 Å². The molecule has 0 heterocycles. The molecular weight excluding hydrogens is 943 g/mol. The Labute approximate surface area is 437 Å². The number of halogens is 1. The highest BCUT2D eigenvalue weighted by molar-refractivity contribution is 9.10. The van der Waals surface area contributed by atoms with Crippen LogP contribution in [0, 0.1) is 34.0 Å². The van der Waals surface area contributed by atoms with E-state index in [2.05, 4.69) is 179 Å². The minimum atomic E-state index is -0.138. The molecule has 0 saturated carbocycles. The van der Waals surface area contributed by atoms with E-state index in [1.54, 1.807) is 18.2 Å². The number of benzene rings is 5. The molecule has 1 aliphatic rings. The maximum atomic E-state index is 7.32. The summed E-state index contributed by atoms with van der Waals surface area (Å²) in [6, 6.07) is 33.2. The maximum Gasteiger partial charge on any atom is 0.126 e. The van der Waals surface area contributed by atoms with Gasteiger partial charge in [-0.3, -0.25) is 0 Å². The minimum absolute atomic E-state index is 0.00178. The predicted octanol–water partition coefficient (Wildman–Crippen LogP) is 16.7. The molecule has 0 fully saturated rings. The van der Waals surface area contributed by atoms with Crippen molar-refractivity contribution >= 4 is 15.9 Å². The van der Waals surface area contributed by atoms with Crippen molar-refractivity contribution in [1.82, 2.24) is 0 Å². The van der Waals surface area contributed by atoms with Crippen LogP contribution in [0.4, 0.5) is 0 Å². The Kier molecular flexibility index (Phi) is 21.0. The SMILES string of the molecule is CC#N.CC#N.CC#N.CCC1c2cc(C(C)(C)C)cc(c2OC)Cc2cc(C(C)(C)C)cc(c2OC)C(Cc2ccc(Br)cc2)c2cc(C(C)(C)C)cc(c2OC)Cc2cc(C(C)(C)C)cc1c2OC. The molecule has 5 aromatic rings. The highest BCUT2D eigenvalue weighted by Gasteiger charge is 2.34. The molecule has 0 aromatic heterocycles. The first-order valence-corrected chi connectivity index (χ1v) is 25.5. The molecule has 8 heteroatoms. The molecule has 0 unspecified atom stereocenters. The van der Waals surface area contributed by atoms with E-state index >= 15 is 0 Å². The largest absolute Gasteiger partial charge is 0.496 e. The zero-order valence-corrected chi connectivity index (χ0v) is 48.3. The van der Waals surface area contributed by atoms with Gasteiger partial charge in [-0.15, -0.1) is 0 Å². The molecule has 7 nitrogen and oxygen atoms in total. The van der Waals surface area contributed by atoms with Gasteiger partial charge in [-0.1, -0.05) is 167 Å². The lowest BCUT2D eigenvalue weighted by Crippen LogP contribution is -2.19. The molecule has 0 aliphatic heterocycles. The monoisotopic (exact) mass is 1020 g/mol. The average molecular weight is 1030 g/mol. The summed E-state index contributed by atoms with van der Waals surface area (Å²) < 4.78 is 27.7. The van der Waals surface area contributed by atoms with Crippen LogP contribution in [0.2, 0.25) is 0 Å². The van der Waals surface area contributed by atoms with Crippen molar-refractivity contribution in [2.45, 2.75) is 170 Å². The van der Waals surface area contributed by atoms with Gasteiger partial charge in [-0.25, -0.2) is 0 Å². The second-order valence-corrected chi connectivity index (χ2v) is 23.3. The highest BCUT2D eigenvalue weighted by atomic mass is 79.9. The molecule has 5 aromatic carbocycles. The number of ether oxygens (including phenoxy) is 4. The molecule has 0 N–H and O–H groups in total. The molecule has 0 amide bonds. The lowest BCUT2D eigenvalue weighted by Gasteiger charge is -2.32. The van der Waals surface area contributed by atoms with Crippen LogP contribution in [-0.2, 0) is 40.9 Å². The van der Waals surface area contributed by atoms with E-state index in [1.165, 1.54) is 59.7 Å². The first kappa shape index (κ1) is 59.6. The van der Waals surface area contributed by atoms with Crippen molar-refractivity contribution in [1.29, 1.82) is 15.8 Å². The topological polar surface area (TPSA) is 108 Å². The number of rotatable bonds is 7. The van der Waals surface area contributed by atoms with Gasteiger partial charge in [-0.2, -0.15) is 15.8 Å². The van der Waals surface area contributed by atoms with Crippen LogP contribution in [0.15, 0.2) is 77.3 Å². The summed E-state index contributed by atoms with van der Waals surface area (Å²) in [5, 5.41) is 22.0. The summed E-state index contributed by atoms with van der Waals surface area (Å²) in [6.45, 7) is 34.3. The third-order valence-electron chi connectivity index (χ3n) is 13.1. The highest BCUT2D eigenvalue weighted by Crippen LogP contribution is 2.50. The van der Waals surface area contributed by atoms with Gasteiger partial charge in [0, 0.05) is 72.2 Å². The molecule has 71 heavy (non-hydrogen) atoms. The average Bonchev–Trinajstić information content (AvgIpc) is 3.27. The molecular formula is C63H82BrN3O4. The fourth-order valence-electron chi connectivity index (χ4n) is 9.40. The van der Waals surface area contributed by atoms with E-state index in [-0.39, 0.29) is 33.5 Å². The van der Waals surface area contributed by atoms with Gasteiger partial charge < -0.3 is 18.9 Å². The number of methoxy groups -OCH3 is 4. The lowest BCUT2D eigenvalue weighted by atomic mass is 9.74. The minimum Gasteiger partial charge on any atom is -0.496 e. The third-order valence-corrected chi connectivity index (χ3v) is 13.6. The van der Waals surface area contributed by atoms with Gasteiger partial charge in [0.25, 0.3) is 0 Å². The van der Waals surface area contributed by atoms with Gasteiger partial charge in [0.05, 0.1) is 46.6 Å². The van der Waals surface area contributed by atoms with Gasteiger partial charge >= 0.3 is 0 Å². The second-order valence-electron chi connectivity index (χ2n) is 22.4. The van der Waals surface area contributed by atoms with Crippen LogP contribution in [0.25, 0.3) is 0 Å². The first-order chi connectivity index (χ1) is 33.2. The lowest BCUT2D eigenvalue weighted by molar-refractivity contribution is 0.388. The van der Waals surface area contributed by atoms with E-state index in [1.807, 2.05) is 28.4 Å². The molecule has 0 spiro atoms. The van der Waals surface area contributed by atoms with Crippen LogP contribution >= 0.6 is 15.9 Å². The molecule has 0 radical (unpaired) electrons. The molecule has 380 valence electrons. The number of fused-ring (bicyclic) bond motifs is 8. The van der Waals surface area contributed by atoms with Crippen LogP contribution in [0.1, 0.15) is 201 Å². The molecule has 6 rings (SSSR count). The normalized spacial score (nSPS) is 14.2. The fourth-order valence-corrected chi connectivity index (χ4v) is 9.67. The Hall–Kier alpha value is -5.75. The van der Waals surface area contributed by atoms with E-state index in [0.717, 1.165) is 73.7 Å². The van der Waals surface area contributed by atoms with Gasteiger partial charge in [-0.05, 0) is 96.7 Å². The van der Waals surface area contributed by atoms with Crippen molar-refractivity contribution in [3.8, 4) is 41.2 Å². The molecule has 0 atom stereocenters. The van der Waals surface area contributed by atoms with E-state index in [4.69, 9.17) is 34.7 Å². The molecule has 1 aliphatic carbocycles. The molecule has 8 bridgehead atoms. The van der Waals surface area contributed by atoms with Gasteiger partial charge in [0.1, 0.15) is 23.0 Å². The number of nitrogens with zero attached hydrogens (tertiary/aromatic N) is 3. The zero-order chi connectivity index (χ0) is 53.8. The third kappa shape index (κ3) is 14.7. The standard InChI is InChI=1S/C57H73BrO4.3C2H3N/c1-18-44-46-30-39(54(2,3)4)26-35(50(46)59-14)24-37-28-41(56(8,9)10)32-48(52(37)61-16)45(23-34-19-21-43(58)22-20-34)49-33-42(57(11,12)13)29-38(53(49)62-17)25-36-27-40(55(5,6)7)31-47(44)51(36)60-15;3*1-2-3/h19-22,26-33,44-45H,18,23-25H2,1-17H3;3*1H3. The fraction of sp³-hybridized carbons (Fsp3) is 0.476. The second kappa shape index (κ2) is 25.1. The van der Waals surface area contributed by atoms with Crippen LogP contribution in [-0.4, -0.2) is 28.4 Å². The van der Waals surface area contributed by atoms with Gasteiger partial charge in [0.2, 0.25) is 0 Å². The Morgan fingerprint density at radius 1 is 0.451 bits per heavy atom. The first-order valence-electron chi connectivity index (χ1n) is 24.7. The number of hydrogen-bond donors (Lipinski definition) is 0. The van der Waals surface area contributed by atoms with Crippen LogP contribution in [0.3, 0.4) is 0 Å². The van der Waals surface area contributed by atoms with Crippen LogP contribution < -0.4 is 18.9 Å². The number of nitriles is 3. The zero-order valence-electron chi connectivity index (χ0n) is 46.8. The smallest absolute Gasteiger partial charge is 0.126 e.